The van der Waals surface area contributed by atoms with Crippen molar-refractivity contribution in [2.45, 2.75) is 30.8 Å². The van der Waals surface area contributed by atoms with Crippen molar-refractivity contribution in [2.75, 3.05) is 7.05 Å². The van der Waals surface area contributed by atoms with Gasteiger partial charge in [0.1, 0.15) is 0 Å². The Labute approximate surface area is 153 Å². The maximum Gasteiger partial charge on any atom is 0.287 e. The van der Waals surface area contributed by atoms with Gasteiger partial charge in [-0.25, -0.2) is 8.96 Å². The minimum Gasteiger partial charge on any atom is -0.339 e. The van der Waals surface area contributed by atoms with E-state index in [4.69, 9.17) is 0 Å². The summed E-state index contributed by atoms with van der Waals surface area (Å²) in [6, 6.07) is 8.09. The van der Waals surface area contributed by atoms with Crippen molar-refractivity contribution >= 4 is 10.0 Å². The number of rotatable bonds is 4. The first-order valence-electron chi connectivity index (χ1n) is 8.72. The number of imidazole rings is 1. The lowest BCUT2D eigenvalue weighted by Gasteiger charge is -2.12. The molecule has 0 saturated carbocycles. The zero-order valence-electron chi connectivity index (χ0n) is 14.9. The molecule has 7 heteroatoms. The molecule has 1 aromatic carbocycles. The molecule has 0 bridgehead atoms. The van der Waals surface area contributed by atoms with Gasteiger partial charge in [-0.05, 0) is 43.0 Å². The Balaban J connectivity index is 2.01. The van der Waals surface area contributed by atoms with Crippen LogP contribution in [0.1, 0.15) is 23.1 Å². The van der Waals surface area contributed by atoms with Crippen LogP contribution in [-0.2, 0) is 36.5 Å². The lowest BCUT2D eigenvalue weighted by atomic mass is 10.0. The van der Waals surface area contributed by atoms with Crippen molar-refractivity contribution in [1.82, 2.24) is 18.8 Å². The number of hydrogen-bond acceptors (Lipinski definition) is 4. The Morgan fingerprint density at radius 2 is 2.00 bits per heavy atom. The van der Waals surface area contributed by atoms with Gasteiger partial charge in [0.2, 0.25) is 0 Å². The summed E-state index contributed by atoms with van der Waals surface area (Å²) in [7, 11) is -0.115. The first kappa shape index (κ1) is 17.1. The molecule has 0 radical (unpaired) electrons. The molecule has 4 rings (SSSR count). The first-order chi connectivity index (χ1) is 12.5. The molecule has 1 N–H and O–H groups in total. The number of aryl methyl sites for hydroxylation is 2. The lowest BCUT2D eigenvalue weighted by Crippen LogP contribution is -2.14. The van der Waals surface area contributed by atoms with Crippen LogP contribution in [0, 0.1) is 0 Å². The van der Waals surface area contributed by atoms with E-state index in [0.29, 0.717) is 6.54 Å². The summed E-state index contributed by atoms with van der Waals surface area (Å²) in [6.45, 7) is 0.634. The monoisotopic (exact) mass is 370 g/mol. The summed E-state index contributed by atoms with van der Waals surface area (Å²) in [4.78, 5) is 4.09. The predicted molar refractivity (Wildman–Crippen MR) is 100 cm³/mol. The number of nitrogens with zero attached hydrogens (tertiary/aromatic N) is 3. The van der Waals surface area contributed by atoms with E-state index in [1.54, 1.807) is 24.0 Å². The maximum atomic E-state index is 13.3. The van der Waals surface area contributed by atoms with Crippen molar-refractivity contribution in [2.24, 2.45) is 7.05 Å². The topological polar surface area (TPSA) is 68.9 Å². The molecule has 0 spiro atoms. The third-order valence-electron chi connectivity index (χ3n) is 4.88. The molecule has 2 aromatic heterocycles. The number of nitrogens with one attached hydrogen (secondary N) is 1. The second kappa shape index (κ2) is 6.41. The quantitative estimate of drug-likeness (QED) is 0.765. The van der Waals surface area contributed by atoms with Gasteiger partial charge in [0.05, 0.1) is 12.0 Å². The zero-order valence-corrected chi connectivity index (χ0v) is 15.8. The van der Waals surface area contributed by atoms with Gasteiger partial charge in [-0.3, -0.25) is 0 Å². The van der Waals surface area contributed by atoms with Crippen LogP contribution in [0.5, 0.6) is 0 Å². The average Bonchev–Trinajstić information content (AvgIpc) is 3.16. The smallest absolute Gasteiger partial charge is 0.287 e. The van der Waals surface area contributed by atoms with E-state index in [0.717, 1.165) is 41.6 Å². The van der Waals surface area contributed by atoms with Gasteiger partial charge in [0, 0.05) is 31.5 Å². The molecule has 136 valence electrons. The number of hydrogen-bond donors (Lipinski definition) is 1. The van der Waals surface area contributed by atoms with Gasteiger partial charge in [-0.15, -0.1) is 0 Å². The molecule has 0 fully saturated rings. The molecule has 0 amide bonds. The zero-order chi connectivity index (χ0) is 18.3. The van der Waals surface area contributed by atoms with Crippen molar-refractivity contribution < 1.29 is 8.42 Å². The van der Waals surface area contributed by atoms with E-state index >= 15 is 0 Å². The third-order valence-corrected chi connectivity index (χ3v) is 6.43. The minimum absolute atomic E-state index is 0.0653. The Morgan fingerprint density at radius 1 is 1.19 bits per heavy atom. The molecule has 6 nitrogen and oxygen atoms in total. The van der Waals surface area contributed by atoms with Crippen LogP contribution in [0.25, 0.3) is 11.3 Å². The molecule has 2 heterocycles. The SMILES string of the molecule is CNCc1cn(S(=O)(=O)c2cn(C)cn2)c2c1CCCc1ccccc1-2. The fraction of sp³-hybridized carbons (Fsp3) is 0.316. The second-order valence-corrected chi connectivity index (χ2v) is 8.46. The second-order valence-electron chi connectivity index (χ2n) is 6.70. The largest absolute Gasteiger partial charge is 0.339 e. The Kier molecular flexibility index (Phi) is 4.20. The van der Waals surface area contributed by atoms with Crippen LogP contribution in [0.3, 0.4) is 0 Å². The average molecular weight is 370 g/mol. The van der Waals surface area contributed by atoms with Crippen LogP contribution >= 0.6 is 0 Å². The summed E-state index contributed by atoms with van der Waals surface area (Å²) in [5.41, 5.74) is 5.12. The minimum atomic E-state index is -3.76. The molecule has 1 aliphatic carbocycles. The normalized spacial score (nSPS) is 13.9. The molecular weight excluding hydrogens is 348 g/mol. The highest BCUT2D eigenvalue weighted by Gasteiger charge is 2.29. The van der Waals surface area contributed by atoms with Crippen molar-refractivity contribution in [3.63, 3.8) is 0 Å². The highest BCUT2D eigenvalue weighted by molar-refractivity contribution is 7.90. The number of aromatic nitrogens is 3. The van der Waals surface area contributed by atoms with E-state index in [1.807, 2.05) is 25.2 Å². The Morgan fingerprint density at radius 3 is 2.73 bits per heavy atom. The standard InChI is InChI=1S/C19H22N4O2S/c1-20-10-15-11-23(26(24,25)18-12-22(2)13-21-18)19-16-8-4-3-6-14(16)7-5-9-17(15)19/h3-4,6,8,11-13,20H,5,7,9-10H2,1-2H3. The molecule has 26 heavy (non-hydrogen) atoms. The van der Waals surface area contributed by atoms with E-state index in [2.05, 4.69) is 16.4 Å². The van der Waals surface area contributed by atoms with E-state index in [-0.39, 0.29) is 5.03 Å². The number of fused-ring (bicyclic) bond motifs is 3. The summed E-state index contributed by atoms with van der Waals surface area (Å²) in [5, 5.41) is 3.22. The van der Waals surface area contributed by atoms with Gasteiger partial charge in [0.25, 0.3) is 10.0 Å². The highest BCUT2D eigenvalue weighted by Crippen LogP contribution is 2.37. The van der Waals surface area contributed by atoms with Gasteiger partial charge in [0.15, 0.2) is 5.03 Å². The molecular formula is C19H22N4O2S. The predicted octanol–water partition coefficient (Wildman–Crippen LogP) is 2.33. The first-order valence-corrected chi connectivity index (χ1v) is 10.2. The number of benzene rings is 1. The van der Waals surface area contributed by atoms with E-state index in [1.165, 1.54) is 15.9 Å². The van der Waals surface area contributed by atoms with Gasteiger partial charge in [-0.2, -0.15) is 8.42 Å². The van der Waals surface area contributed by atoms with Crippen LogP contribution in [0.4, 0.5) is 0 Å². The Hall–Kier alpha value is -2.38. The summed E-state index contributed by atoms with van der Waals surface area (Å²) in [5.74, 6) is 0. The fourth-order valence-electron chi connectivity index (χ4n) is 3.71. The maximum absolute atomic E-state index is 13.3. The Bertz CT molecular complexity index is 1060. The highest BCUT2D eigenvalue weighted by atomic mass is 32.2. The molecule has 0 aliphatic heterocycles. The van der Waals surface area contributed by atoms with Gasteiger partial charge in [-0.1, -0.05) is 24.3 Å². The molecule has 0 atom stereocenters. The summed E-state index contributed by atoms with van der Waals surface area (Å²) in [6.07, 6.45) is 7.64. The molecule has 3 aromatic rings. The fourth-order valence-corrected chi connectivity index (χ4v) is 5.11. The van der Waals surface area contributed by atoms with Crippen LogP contribution in [0.15, 0.2) is 48.0 Å². The lowest BCUT2D eigenvalue weighted by molar-refractivity contribution is 0.584. The summed E-state index contributed by atoms with van der Waals surface area (Å²) >= 11 is 0. The molecule has 1 aliphatic rings. The van der Waals surface area contributed by atoms with Gasteiger partial charge < -0.3 is 9.88 Å². The molecule has 0 saturated heterocycles. The van der Waals surface area contributed by atoms with Crippen LogP contribution in [-0.4, -0.2) is 29.0 Å². The van der Waals surface area contributed by atoms with Crippen molar-refractivity contribution in [3.05, 3.63) is 59.7 Å². The third kappa shape index (κ3) is 2.68. The van der Waals surface area contributed by atoms with Crippen molar-refractivity contribution in [1.29, 1.82) is 0 Å². The summed E-state index contributed by atoms with van der Waals surface area (Å²) < 4.78 is 29.7. The van der Waals surface area contributed by atoms with Crippen LogP contribution < -0.4 is 5.32 Å². The van der Waals surface area contributed by atoms with Crippen LogP contribution in [0.2, 0.25) is 0 Å². The van der Waals surface area contributed by atoms with E-state index in [9.17, 15) is 8.42 Å². The molecule has 0 unspecified atom stereocenters. The van der Waals surface area contributed by atoms with Crippen molar-refractivity contribution in [3.8, 4) is 11.3 Å². The van der Waals surface area contributed by atoms with Gasteiger partial charge >= 0.3 is 0 Å². The van der Waals surface area contributed by atoms with E-state index < -0.39 is 10.0 Å².